The van der Waals surface area contributed by atoms with E-state index in [1.165, 1.54) is 0 Å². The molecule has 7 aliphatic heterocycles. The van der Waals surface area contributed by atoms with Gasteiger partial charge in [-0.15, -0.1) is 0 Å². The van der Waals surface area contributed by atoms with Crippen LogP contribution >= 0.6 is 0 Å². The van der Waals surface area contributed by atoms with Crippen LogP contribution in [0.5, 0.6) is 0 Å². The third-order valence-corrected chi connectivity index (χ3v) is 12.0. The van der Waals surface area contributed by atoms with E-state index in [9.17, 15) is 81.7 Å². The zero-order chi connectivity index (χ0) is 46.3. The SMILES string of the molecule is OC[C@@H]1O[C@@H](O[C@@H]2[C@@H](O[C@@H]3O[C@@H](CO)[C@H](O)[C@H]3O)[C@H](O[C@@H]3CO[C@@H](O[C@@H]4CO[C@@H](O[C@@H]5COC(O)[C@H](O)[C@H]5O)[C@H](O)[C@H]4O)[C@H](O)[C@H]3O)OC[C@H]2O[C@@H]2OC[C@@H](O)[C@H](O)[C@H]2O)[C@H](O)[C@H]1O. The lowest BCUT2D eigenvalue weighted by Gasteiger charge is -2.47. The van der Waals surface area contributed by atoms with Crippen molar-refractivity contribution < 1.29 is 143 Å². The summed E-state index contributed by atoms with van der Waals surface area (Å²) in [5, 5.41) is 167. The first-order valence-corrected chi connectivity index (χ1v) is 20.5. The van der Waals surface area contributed by atoms with Crippen molar-refractivity contribution in [1.82, 2.24) is 0 Å². The molecule has 16 N–H and O–H groups in total. The minimum absolute atomic E-state index is 0.404. The zero-order valence-corrected chi connectivity index (χ0v) is 33.6. The summed E-state index contributed by atoms with van der Waals surface area (Å²) < 4.78 is 73.6. The van der Waals surface area contributed by atoms with Crippen LogP contribution in [0.25, 0.3) is 0 Å². The lowest BCUT2D eigenvalue weighted by molar-refractivity contribution is -0.383. The number of rotatable bonds is 14. The first kappa shape index (κ1) is 50.7. The molecule has 0 spiro atoms. The number of ether oxygens (including phenoxy) is 13. The number of aliphatic hydroxyl groups excluding tert-OH is 16. The van der Waals surface area contributed by atoms with Gasteiger partial charge < -0.3 is 143 Å². The molecule has 64 heavy (non-hydrogen) atoms. The second kappa shape index (κ2) is 21.6. The molecular formula is C35H58O29. The molecule has 7 aliphatic rings. The molecule has 7 saturated heterocycles. The van der Waals surface area contributed by atoms with E-state index < -0.39 is 218 Å². The molecule has 0 amide bonds. The van der Waals surface area contributed by atoms with Gasteiger partial charge in [0.25, 0.3) is 0 Å². The zero-order valence-electron chi connectivity index (χ0n) is 33.6. The summed E-state index contributed by atoms with van der Waals surface area (Å²) in [6.45, 7) is -4.14. The summed E-state index contributed by atoms with van der Waals surface area (Å²) in [5.41, 5.74) is 0. The maximum Gasteiger partial charge on any atom is 0.187 e. The van der Waals surface area contributed by atoms with Gasteiger partial charge in [0.2, 0.25) is 0 Å². The van der Waals surface area contributed by atoms with Crippen LogP contribution in [0.4, 0.5) is 0 Å². The molecule has 0 aromatic carbocycles. The second-order valence-corrected chi connectivity index (χ2v) is 16.3. The van der Waals surface area contributed by atoms with Crippen molar-refractivity contribution in [2.45, 2.75) is 172 Å². The Bertz CT molecular complexity index is 1460. The predicted molar refractivity (Wildman–Crippen MR) is 190 cm³/mol. The van der Waals surface area contributed by atoms with Crippen LogP contribution in [-0.4, -0.2) is 300 Å². The molecule has 29 nitrogen and oxygen atoms in total. The van der Waals surface area contributed by atoms with Crippen LogP contribution in [0.2, 0.25) is 0 Å². The van der Waals surface area contributed by atoms with E-state index in [4.69, 9.17) is 61.6 Å². The Morgan fingerprint density at radius 1 is 0.312 bits per heavy atom. The average molecular weight is 943 g/mol. The summed E-state index contributed by atoms with van der Waals surface area (Å²) in [4.78, 5) is 0. The van der Waals surface area contributed by atoms with E-state index in [2.05, 4.69) is 0 Å². The van der Waals surface area contributed by atoms with Crippen LogP contribution in [-0.2, 0) is 61.6 Å². The lowest BCUT2D eigenvalue weighted by Crippen LogP contribution is -2.64. The molecule has 1 unspecified atom stereocenters. The summed E-state index contributed by atoms with van der Waals surface area (Å²) in [6, 6.07) is 0. The molecule has 29 heteroatoms. The van der Waals surface area contributed by atoms with Crippen molar-refractivity contribution in [3.63, 3.8) is 0 Å². The Morgan fingerprint density at radius 3 is 1.16 bits per heavy atom. The van der Waals surface area contributed by atoms with Gasteiger partial charge in [-0.05, 0) is 0 Å². The number of hydrogen-bond acceptors (Lipinski definition) is 29. The van der Waals surface area contributed by atoms with E-state index in [0.717, 1.165) is 0 Å². The standard InChI is InChI=1S/C35H58O29/c36-1-9-16(40)25(49)33(57-9)63-27-14(62-30-22(46)15(39)8(38)3-53-30)7-56-35(28(27)64-34-26(50)17(41)10(2-37)58-34)61-13-6-55-32(24(48)20(13)44)60-12-5-54-31(23(47)19(12)43)59-11-4-52-29(51)21(45)18(11)42/h8-51H,1-7H2/t8-,9+,10+,11-,12-,13-,14-,15+,16+,17+,18+,19+,20+,21-,22-,23-,24-,25-,26-,27+,28-,29?,30+,31+,32+,33+,34+,35+/m1/s1. The van der Waals surface area contributed by atoms with E-state index in [1.807, 2.05) is 0 Å². The Hall–Kier alpha value is -1.16. The number of hydrogen-bond donors (Lipinski definition) is 16. The van der Waals surface area contributed by atoms with Gasteiger partial charge in [0, 0.05) is 0 Å². The highest BCUT2D eigenvalue weighted by Crippen LogP contribution is 2.36. The Balaban J connectivity index is 1.05. The largest absolute Gasteiger partial charge is 0.394 e. The molecule has 0 bridgehead atoms. The third kappa shape index (κ3) is 10.5. The third-order valence-electron chi connectivity index (χ3n) is 12.0. The fourth-order valence-electron chi connectivity index (χ4n) is 8.05. The summed E-state index contributed by atoms with van der Waals surface area (Å²) in [5.74, 6) is 0. The van der Waals surface area contributed by atoms with Gasteiger partial charge in [0.1, 0.15) is 128 Å². The summed E-state index contributed by atoms with van der Waals surface area (Å²) in [6.07, 6.45) is -46.9. The Kier molecular flexibility index (Phi) is 17.1. The highest BCUT2D eigenvalue weighted by atomic mass is 16.8. The highest BCUT2D eigenvalue weighted by Gasteiger charge is 2.56. The predicted octanol–water partition coefficient (Wildman–Crippen LogP) is -11.8. The molecule has 28 atom stereocenters. The maximum atomic E-state index is 11.3. The van der Waals surface area contributed by atoms with E-state index in [1.54, 1.807) is 0 Å². The normalized spacial score (nSPS) is 54.0. The fraction of sp³-hybridized carbons (Fsp3) is 1.00. The molecular weight excluding hydrogens is 884 g/mol. The first-order chi connectivity index (χ1) is 30.4. The molecule has 7 fully saturated rings. The monoisotopic (exact) mass is 942 g/mol. The molecule has 0 aliphatic carbocycles. The molecule has 0 aromatic heterocycles. The first-order valence-electron chi connectivity index (χ1n) is 20.5. The molecule has 7 heterocycles. The van der Waals surface area contributed by atoms with Gasteiger partial charge >= 0.3 is 0 Å². The van der Waals surface area contributed by atoms with Crippen LogP contribution in [0.1, 0.15) is 0 Å². The van der Waals surface area contributed by atoms with Crippen LogP contribution in [0, 0.1) is 0 Å². The molecule has 0 saturated carbocycles. The van der Waals surface area contributed by atoms with Crippen LogP contribution in [0.15, 0.2) is 0 Å². The fourth-order valence-corrected chi connectivity index (χ4v) is 8.05. The van der Waals surface area contributed by atoms with Crippen LogP contribution < -0.4 is 0 Å². The summed E-state index contributed by atoms with van der Waals surface area (Å²) in [7, 11) is 0. The quantitative estimate of drug-likeness (QED) is 0.0769. The highest BCUT2D eigenvalue weighted by molar-refractivity contribution is 4.97. The molecule has 7 rings (SSSR count). The Morgan fingerprint density at radius 2 is 0.672 bits per heavy atom. The van der Waals surface area contributed by atoms with Gasteiger partial charge in [-0.3, -0.25) is 0 Å². The molecule has 0 aromatic rings. The van der Waals surface area contributed by atoms with Gasteiger partial charge in [-0.1, -0.05) is 0 Å². The Labute approximate surface area is 361 Å². The van der Waals surface area contributed by atoms with E-state index >= 15 is 0 Å². The van der Waals surface area contributed by atoms with E-state index in [0.29, 0.717) is 0 Å². The van der Waals surface area contributed by atoms with E-state index in [-0.39, 0.29) is 0 Å². The van der Waals surface area contributed by atoms with Crippen molar-refractivity contribution in [3.05, 3.63) is 0 Å². The van der Waals surface area contributed by atoms with Crippen molar-refractivity contribution in [1.29, 1.82) is 0 Å². The second-order valence-electron chi connectivity index (χ2n) is 16.3. The maximum absolute atomic E-state index is 11.3. The lowest BCUT2D eigenvalue weighted by atomic mass is 10.0. The van der Waals surface area contributed by atoms with Gasteiger partial charge in [-0.2, -0.15) is 0 Å². The van der Waals surface area contributed by atoms with Gasteiger partial charge in [-0.25, -0.2) is 0 Å². The van der Waals surface area contributed by atoms with Crippen LogP contribution in [0.3, 0.4) is 0 Å². The van der Waals surface area contributed by atoms with Gasteiger partial charge in [0.05, 0.1) is 46.2 Å². The minimum atomic E-state index is -1.96. The number of aliphatic hydroxyl groups is 16. The van der Waals surface area contributed by atoms with Crippen molar-refractivity contribution in [3.8, 4) is 0 Å². The smallest absolute Gasteiger partial charge is 0.187 e. The van der Waals surface area contributed by atoms with Crippen molar-refractivity contribution in [2.24, 2.45) is 0 Å². The van der Waals surface area contributed by atoms with Gasteiger partial charge in [0.15, 0.2) is 44.0 Å². The molecule has 0 radical (unpaired) electrons. The minimum Gasteiger partial charge on any atom is -0.394 e. The summed E-state index contributed by atoms with van der Waals surface area (Å²) >= 11 is 0. The molecule has 372 valence electrons. The topological polar surface area (TPSA) is 444 Å². The van der Waals surface area contributed by atoms with Crippen molar-refractivity contribution in [2.75, 3.05) is 46.2 Å². The average Bonchev–Trinajstić information content (AvgIpc) is 3.71. The van der Waals surface area contributed by atoms with Crippen molar-refractivity contribution >= 4 is 0 Å².